The van der Waals surface area contributed by atoms with Gasteiger partial charge in [-0.25, -0.2) is 13.2 Å². The van der Waals surface area contributed by atoms with Crippen molar-refractivity contribution in [2.75, 3.05) is 13.1 Å². The second-order valence-electron chi connectivity index (χ2n) is 3.64. The minimum Gasteiger partial charge on any atom is -0.477 e. The molecule has 0 aliphatic carbocycles. The van der Waals surface area contributed by atoms with Gasteiger partial charge in [0.15, 0.2) is 0 Å². The Morgan fingerprint density at radius 3 is 2.30 bits per heavy atom. The highest BCUT2D eigenvalue weighted by Gasteiger charge is 2.29. The van der Waals surface area contributed by atoms with Crippen molar-refractivity contribution >= 4 is 27.3 Å². The fourth-order valence-electron chi connectivity index (χ4n) is 1.50. The first-order chi connectivity index (χ1) is 9.45. The third-order valence-corrected chi connectivity index (χ3v) is 5.36. The summed E-state index contributed by atoms with van der Waals surface area (Å²) >= 11 is 0.814. The molecule has 9 heteroatoms. The lowest BCUT2D eigenvalue weighted by molar-refractivity contribution is 0.0698. The number of sulfonamides is 1. The summed E-state index contributed by atoms with van der Waals surface area (Å²) in [6.45, 7) is -0.148. The second kappa shape index (κ2) is 7.01. The van der Waals surface area contributed by atoms with Crippen LogP contribution in [0.1, 0.15) is 22.5 Å². The molecule has 7 nitrogen and oxygen atoms in total. The van der Waals surface area contributed by atoms with Gasteiger partial charge in [0.2, 0.25) is 10.0 Å². The summed E-state index contributed by atoms with van der Waals surface area (Å²) in [6.07, 6.45) is -0.0611. The number of carboxylic acids is 1. The molecule has 20 heavy (non-hydrogen) atoms. The van der Waals surface area contributed by atoms with Crippen molar-refractivity contribution in [1.29, 1.82) is 10.5 Å². The lowest BCUT2D eigenvalue weighted by atomic mass is 10.4. The predicted molar refractivity (Wildman–Crippen MR) is 70.5 cm³/mol. The van der Waals surface area contributed by atoms with Crippen LogP contribution < -0.4 is 0 Å². The molecule has 0 amide bonds. The van der Waals surface area contributed by atoms with Crippen molar-refractivity contribution in [3.8, 4) is 12.1 Å². The SMILES string of the molecule is N#CCCN(CCC#N)S(=O)(=O)c1ccsc1C(=O)O. The van der Waals surface area contributed by atoms with Crippen molar-refractivity contribution in [3.63, 3.8) is 0 Å². The number of thiophene rings is 1. The van der Waals surface area contributed by atoms with Crippen LogP contribution in [0.2, 0.25) is 0 Å². The van der Waals surface area contributed by atoms with Gasteiger partial charge in [0.05, 0.1) is 12.1 Å². The standard InChI is InChI=1S/C11H11N3O4S2/c12-4-1-6-14(7-2-5-13)20(17,18)9-3-8-19-10(9)11(15)16/h3,8H,1-2,6-7H2,(H,15,16). The molecule has 1 N–H and O–H groups in total. The molecule has 0 saturated carbocycles. The van der Waals surface area contributed by atoms with E-state index in [1.165, 1.54) is 11.4 Å². The van der Waals surface area contributed by atoms with Crippen LogP contribution >= 0.6 is 11.3 Å². The largest absolute Gasteiger partial charge is 0.477 e. The number of nitriles is 2. The van der Waals surface area contributed by atoms with E-state index < -0.39 is 16.0 Å². The first-order valence-electron chi connectivity index (χ1n) is 5.50. The number of hydrogen-bond donors (Lipinski definition) is 1. The van der Waals surface area contributed by atoms with E-state index in [9.17, 15) is 13.2 Å². The average Bonchev–Trinajstić information content (AvgIpc) is 2.88. The number of nitrogens with zero attached hydrogens (tertiary/aromatic N) is 3. The topological polar surface area (TPSA) is 122 Å². The van der Waals surface area contributed by atoms with E-state index in [0.29, 0.717) is 0 Å². The van der Waals surface area contributed by atoms with Gasteiger partial charge in [0.1, 0.15) is 9.77 Å². The molecule has 0 bridgehead atoms. The zero-order chi connectivity index (χ0) is 15.2. The van der Waals surface area contributed by atoms with E-state index >= 15 is 0 Å². The maximum atomic E-state index is 12.4. The molecule has 1 aromatic rings. The lowest BCUT2D eigenvalue weighted by Gasteiger charge is -2.19. The van der Waals surface area contributed by atoms with Crippen molar-refractivity contribution < 1.29 is 18.3 Å². The van der Waals surface area contributed by atoms with E-state index in [1.54, 1.807) is 0 Å². The normalized spacial score (nSPS) is 10.9. The van der Waals surface area contributed by atoms with Gasteiger partial charge in [-0.2, -0.15) is 14.8 Å². The summed E-state index contributed by atoms with van der Waals surface area (Å²) in [7, 11) is -4.02. The highest BCUT2D eigenvalue weighted by atomic mass is 32.2. The summed E-state index contributed by atoms with van der Waals surface area (Å²) in [5, 5.41) is 27.5. The third-order valence-electron chi connectivity index (χ3n) is 2.39. The van der Waals surface area contributed by atoms with E-state index in [4.69, 9.17) is 15.6 Å². The molecule has 0 saturated heterocycles. The number of carboxylic acid groups (broad SMARTS) is 1. The van der Waals surface area contributed by atoms with Crippen LogP contribution in [-0.2, 0) is 10.0 Å². The molecular weight excluding hydrogens is 302 g/mol. The summed E-state index contributed by atoms with van der Waals surface area (Å²) < 4.78 is 25.7. The number of carbonyl (C=O) groups is 1. The zero-order valence-electron chi connectivity index (χ0n) is 10.3. The Kier molecular flexibility index (Phi) is 5.65. The first kappa shape index (κ1) is 16.1. The fourth-order valence-corrected chi connectivity index (χ4v) is 4.17. The highest BCUT2D eigenvalue weighted by molar-refractivity contribution is 7.89. The van der Waals surface area contributed by atoms with Gasteiger partial charge in [0.25, 0.3) is 0 Å². The van der Waals surface area contributed by atoms with Crippen molar-refractivity contribution in [2.45, 2.75) is 17.7 Å². The van der Waals surface area contributed by atoms with Gasteiger partial charge in [0, 0.05) is 25.9 Å². The zero-order valence-corrected chi connectivity index (χ0v) is 11.9. The fraction of sp³-hybridized carbons (Fsp3) is 0.364. The van der Waals surface area contributed by atoms with E-state index in [-0.39, 0.29) is 35.7 Å². The molecular formula is C11H11N3O4S2. The Labute approximate surface area is 120 Å². The molecule has 0 aliphatic heterocycles. The van der Waals surface area contributed by atoms with Crippen LogP contribution in [0.4, 0.5) is 0 Å². The van der Waals surface area contributed by atoms with Gasteiger partial charge in [-0.15, -0.1) is 11.3 Å². The molecule has 0 aliphatic rings. The van der Waals surface area contributed by atoms with Gasteiger partial charge < -0.3 is 5.11 Å². The van der Waals surface area contributed by atoms with Crippen molar-refractivity contribution in [2.24, 2.45) is 0 Å². The molecule has 1 heterocycles. The molecule has 1 rings (SSSR count). The molecule has 0 aromatic carbocycles. The smallest absolute Gasteiger partial charge is 0.347 e. The van der Waals surface area contributed by atoms with Crippen LogP contribution in [0, 0.1) is 22.7 Å². The Bertz CT molecular complexity index is 649. The molecule has 0 spiro atoms. The van der Waals surface area contributed by atoms with Crippen LogP contribution in [-0.4, -0.2) is 36.9 Å². The summed E-state index contributed by atoms with van der Waals surface area (Å²) in [4.78, 5) is 10.4. The monoisotopic (exact) mass is 313 g/mol. The number of hydrogen-bond acceptors (Lipinski definition) is 6. The maximum Gasteiger partial charge on any atom is 0.347 e. The van der Waals surface area contributed by atoms with Crippen LogP contribution in [0.5, 0.6) is 0 Å². The van der Waals surface area contributed by atoms with Crippen LogP contribution in [0.25, 0.3) is 0 Å². The highest BCUT2D eigenvalue weighted by Crippen LogP contribution is 2.25. The molecule has 1 aromatic heterocycles. The van der Waals surface area contributed by atoms with Crippen LogP contribution in [0.15, 0.2) is 16.3 Å². The van der Waals surface area contributed by atoms with Gasteiger partial charge in [-0.3, -0.25) is 0 Å². The third kappa shape index (κ3) is 3.54. The Morgan fingerprint density at radius 2 is 1.85 bits per heavy atom. The summed E-state index contributed by atoms with van der Waals surface area (Å²) in [5.74, 6) is -1.32. The quantitative estimate of drug-likeness (QED) is 0.808. The first-order valence-corrected chi connectivity index (χ1v) is 7.82. The Morgan fingerprint density at radius 1 is 1.30 bits per heavy atom. The van der Waals surface area contributed by atoms with Crippen LogP contribution in [0.3, 0.4) is 0 Å². The van der Waals surface area contributed by atoms with Gasteiger partial charge in [-0.1, -0.05) is 0 Å². The van der Waals surface area contributed by atoms with Gasteiger partial charge in [-0.05, 0) is 11.4 Å². The van der Waals surface area contributed by atoms with E-state index in [1.807, 2.05) is 12.1 Å². The molecule has 0 unspecified atom stereocenters. The number of aromatic carboxylic acids is 1. The molecule has 0 atom stereocenters. The van der Waals surface area contributed by atoms with Gasteiger partial charge >= 0.3 is 5.97 Å². The molecule has 0 radical (unpaired) electrons. The minimum absolute atomic E-state index is 0.0306. The minimum atomic E-state index is -4.02. The maximum absolute atomic E-state index is 12.4. The lowest BCUT2D eigenvalue weighted by Crippen LogP contribution is -2.33. The van der Waals surface area contributed by atoms with E-state index in [0.717, 1.165) is 15.6 Å². The van der Waals surface area contributed by atoms with E-state index in [2.05, 4.69) is 0 Å². The second-order valence-corrected chi connectivity index (χ2v) is 6.46. The summed E-state index contributed by atoms with van der Waals surface area (Å²) in [5.41, 5.74) is 0. The van der Waals surface area contributed by atoms with Crippen molar-refractivity contribution in [3.05, 3.63) is 16.3 Å². The summed E-state index contributed by atoms with van der Waals surface area (Å²) in [6, 6.07) is 4.87. The Balaban J connectivity index is 3.15. The molecule has 106 valence electrons. The molecule has 0 fully saturated rings. The van der Waals surface area contributed by atoms with Crippen molar-refractivity contribution in [1.82, 2.24) is 4.31 Å². The average molecular weight is 313 g/mol. The number of rotatable bonds is 7. The predicted octanol–water partition coefficient (Wildman–Crippen LogP) is 1.26. The Hall–Kier alpha value is -1.94.